The van der Waals surface area contributed by atoms with Crippen molar-refractivity contribution in [2.75, 3.05) is 11.9 Å². The molecule has 0 amide bonds. The minimum atomic E-state index is -0.214. The van der Waals surface area contributed by atoms with E-state index < -0.39 is 0 Å². The standard InChI is InChI=1S/C10H10Cl2N2/c1-7(6-13)14(2)10-4-3-8(11)5-9(10)12/h3-5,7H,1-2H3. The van der Waals surface area contributed by atoms with Gasteiger partial charge in [-0.3, -0.25) is 0 Å². The summed E-state index contributed by atoms with van der Waals surface area (Å²) in [5.41, 5.74) is 0.810. The minimum Gasteiger partial charge on any atom is -0.358 e. The van der Waals surface area contributed by atoms with Gasteiger partial charge in [0.1, 0.15) is 6.04 Å². The van der Waals surface area contributed by atoms with Crippen LogP contribution in [0.1, 0.15) is 6.92 Å². The van der Waals surface area contributed by atoms with E-state index >= 15 is 0 Å². The van der Waals surface area contributed by atoms with Crippen molar-refractivity contribution in [2.24, 2.45) is 0 Å². The summed E-state index contributed by atoms with van der Waals surface area (Å²) >= 11 is 11.8. The smallest absolute Gasteiger partial charge is 0.113 e. The molecule has 1 unspecified atom stereocenters. The summed E-state index contributed by atoms with van der Waals surface area (Å²) < 4.78 is 0. The monoisotopic (exact) mass is 228 g/mol. The number of nitriles is 1. The summed E-state index contributed by atoms with van der Waals surface area (Å²) in [5, 5.41) is 9.90. The van der Waals surface area contributed by atoms with E-state index in [1.54, 1.807) is 23.1 Å². The molecule has 0 aliphatic heterocycles. The first-order valence-electron chi connectivity index (χ1n) is 4.13. The van der Waals surface area contributed by atoms with Gasteiger partial charge in [-0.05, 0) is 25.1 Å². The molecule has 4 heteroatoms. The van der Waals surface area contributed by atoms with Gasteiger partial charge >= 0.3 is 0 Å². The summed E-state index contributed by atoms with van der Waals surface area (Å²) in [5.74, 6) is 0. The maximum atomic E-state index is 8.75. The van der Waals surface area contributed by atoms with Crippen molar-refractivity contribution in [3.8, 4) is 6.07 Å². The maximum Gasteiger partial charge on any atom is 0.113 e. The number of hydrogen-bond donors (Lipinski definition) is 0. The normalized spacial score (nSPS) is 11.9. The predicted octanol–water partition coefficient (Wildman–Crippen LogP) is 3.34. The van der Waals surface area contributed by atoms with E-state index in [0.717, 1.165) is 5.69 Å². The van der Waals surface area contributed by atoms with E-state index in [1.165, 1.54) is 0 Å². The van der Waals surface area contributed by atoms with Crippen LogP contribution in [0.5, 0.6) is 0 Å². The van der Waals surface area contributed by atoms with Crippen LogP contribution < -0.4 is 4.90 Å². The SMILES string of the molecule is CC(C#N)N(C)c1ccc(Cl)cc1Cl. The second kappa shape index (κ2) is 4.54. The van der Waals surface area contributed by atoms with E-state index in [1.807, 2.05) is 14.0 Å². The van der Waals surface area contributed by atoms with Crippen LogP contribution in [0.4, 0.5) is 5.69 Å². The molecule has 0 spiro atoms. The summed E-state index contributed by atoms with van der Waals surface area (Å²) in [6, 6.07) is 7.15. The lowest BCUT2D eigenvalue weighted by atomic mass is 10.2. The van der Waals surface area contributed by atoms with Crippen molar-refractivity contribution in [2.45, 2.75) is 13.0 Å². The molecule has 74 valence electrons. The number of hydrogen-bond acceptors (Lipinski definition) is 2. The topological polar surface area (TPSA) is 27.0 Å². The van der Waals surface area contributed by atoms with Crippen molar-refractivity contribution >= 4 is 28.9 Å². The van der Waals surface area contributed by atoms with E-state index in [4.69, 9.17) is 28.5 Å². The summed E-state index contributed by atoms with van der Waals surface area (Å²) in [7, 11) is 1.82. The summed E-state index contributed by atoms with van der Waals surface area (Å²) in [4.78, 5) is 1.80. The summed E-state index contributed by atoms with van der Waals surface area (Å²) in [6.07, 6.45) is 0. The third-order valence-electron chi connectivity index (χ3n) is 2.06. The zero-order chi connectivity index (χ0) is 10.7. The van der Waals surface area contributed by atoms with Crippen LogP contribution in [0.15, 0.2) is 18.2 Å². The minimum absolute atomic E-state index is 0.214. The highest BCUT2D eigenvalue weighted by atomic mass is 35.5. The molecule has 0 radical (unpaired) electrons. The average molecular weight is 229 g/mol. The lowest BCUT2D eigenvalue weighted by Crippen LogP contribution is -2.27. The van der Waals surface area contributed by atoms with E-state index in [-0.39, 0.29) is 6.04 Å². The summed E-state index contributed by atoms with van der Waals surface area (Å²) in [6.45, 7) is 1.81. The molecule has 2 nitrogen and oxygen atoms in total. The Balaban J connectivity index is 3.03. The highest BCUT2D eigenvalue weighted by Crippen LogP contribution is 2.28. The van der Waals surface area contributed by atoms with Gasteiger partial charge < -0.3 is 4.90 Å². The molecule has 0 saturated heterocycles. The zero-order valence-electron chi connectivity index (χ0n) is 7.96. The van der Waals surface area contributed by atoms with E-state index in [2.05, 4.69) is 6.07 Å². The Bertz CT molecular complexity index is 371. The molecule has 0 fully saturated rings. The van der Waals surface area contributed by atoms with E-state index in [0.29, 0.717) is 10.0 Å². The molecule has 0 N–H and O–H groups in total. The van der Waals surface area contributed by atoms with Crippen molar-refractivity contribution in [3.63, 3.8) is 0 Å². The number of rotatable bonds is 2. The molecule has 0 heterocycles. The number of benzene rings is 1. The Hall–Kier alpha value is -0.910. The average Bonchev–Trinajstić information content (AvgIpc) is 2.15. The van der Waals surface area contributed by atoms with Gasteiger partial charge in [0.15, 0.2) is 0 Å². The number of anilines is 1. The third-order valence-corrected chi connectivity index (χ3v) is 2.60. The highest BCUT2D eigenvalue weighted by molar-refractivity contribution is 6.36. The van der Waals surface area contributed by atoms with Gasteiger partial charge in [0.05, 0.1) is 16.8 Å². The first-order valence-corrected chi connectivity index (χ1v) is 4.89. The quantitative estimate of drug-likeness (QED) is 0.777. The van der Waals surface area contributed by atoms with Crippen LogP contribution >= 0.6 is 23.2 Å². The number of nitrogens with zero attached hydrogens (tertiary/aromatic N) is 2. The Labute approximate surface area is 93.7 Å². The van der Waals surface area contributed by atoms with Crippen LogP contribution in [-0.4, -0.2) is 13.1 Å². The molecule has 0 aliphatic rings. The molecule has 1 rings (SSSR count). The van der Waals surface area contributed by atoms with Crippen LogP contribution in [0.2, 0.25) is 10.0 Å². The second-order valence-electron chi connectivity index (χ2n) is 3.01. The molecule has 1 aromatic carbocycles. The van der Waals surface area contributed by atoms with Crippen molar-refractivity contribution in [1.29, 1.82) is 5.26 Å². The Morgan fingerprint density at radius 1 is 1.43 bits per heavy atom. The molecule has 0 saturated carbocycles. The molecular formula is C10H10Cl2N2. The van der Waals surface area contributed by atoms with Gasteiger partial charge in [0.25, 0.3) is 0 Å². The van der Waals surface area contributed by atoms with Crippen molar-refractivity contribution in [1.82, 2.24) is 0 Å². The molecule has 1 aromatic rings. The fourth-order valence-electron chi connectivity index (χ4n) is 1.06. The van der Waals surface area contributed by atoms with Crippen LogP contribution in [0.25, 0.3) is 0 Å². The molecule has 1 atom stereocenters. The Morgan fingerprint density at radius 2 is 2.07 bits per heavy atom. The molecule has 14 heavy (non-hydrogen) atoms. The highest BCUT2D eigenvalue weighted by Gasteiger charge is 2.11. The lowest BCUT2D eigenvalue weighted by molar-refractivity contribution is 0.835. The van der Waals surface area contributed by atoms with Crippen molar-refractivity contribution < 1.29 is 0 Å². The van der Waals surface area contributed by atoms with Crippen LogP contribution in [-0.2, 0) is 0 Å². The molecule has 0 bridgehead atoms. The predicted molar refractivity (Wildman–Crippen MR) is 59.9 cm³/mol. The first-order chi connectivity index (χ1) is 6.56. The van der Waals surface area contributed by atoms with Gasteiger partial charge in [0, 0.05) is 12.1 Å². The molecular weight excluding hydrogens is 219 g/mol. The van der Waals surface area contributed by atoms with Gasteiger partial charge in [-0.1, -0.05) is 23.2 Å². The van der Waals surface area contributed by atoms with Gasteiger partial charge in [-0.2, -0.15) is 5.26 Å². The van der Waals surface area contributed by atoms with Gasteiger partial charge in [-0.25, -0.2) is 0 Å². The zero-order valence-corrected chi connectivity index (χ0v) is 9.47. The third kappa shape index (κ3) is 2.31. The second-order valence-corrected chi connectivity index (χ2v) is 3.86. The van der Waals surface area contributed by atoms with Crippen LogP contribution in [0, 0.1) is 11.3 Å². The van der Waals surface area contributed by atoms with Crippen molar-refractivity contribution in [3.05, 3.63) is 28.2 Å². The molecule has 0 aliphatic carbocycles. The Kier molecular flexibility index (Phi) is 3.62. The molecule has 0 aromatic heterocycles. The fourth-order valence-corrected chi connectivity index (χ4v) is 1.60. The largest absolute Gasteiger partial charge is 0.358 e. The maximum absolute atomic E-state index is 8.75. The van der Waals surface area contributed by atoms with E-state index in [9.17, 15) is 0 Å². The van der Waals surface area contributed by atoms with Gasteiger partial charge in [-0.15, -0.1) is 0 Å². The van der Waals surface area contributed by atoms with Gasteiger partial charge in [0.2, 0.25) is 0 Å². The lowest BCUT2D eigenvalue weighted by Gasteiger charge is -2.22. The first kappa shape index (κ1) is 11.2. The number of halogens is 2. The fraction of sp³-hybridized carbons (Fsp3) is 0.300. The van der Waals surface area contributed by atoms with Crippen LogP contribution in [0.3, 0.4) is 0 Å². The Morgan fingerprint density at radius 3 is 2.57 bits per heavy atom.